The van der Waals surface area contributed by atoms with Crippen LogP contribution in [0.2, 0.25) is 48.5 Å². The second-order valence-corrected chi connectivity index (χ2v) is 24.1. The van der Waals surface area contributed by atoms with E-state index < -0.39 is 24.9 Å². The lowest BCUT2D eigenvalue weighted by Crippen LogP contribution is -2.69. The third-order valence-corrected chi connectivity index (χ3v) is 24.7. The molecule has 31 heavy (non-hydrogen) atoms. The van der Waals surface area contributed by atoms with Gasteiger partial charge in [-0.3, -0.25) is 0 Å². The average Bonchev–Trinajstić information content (AvgIpc) is 2.76. The molecule has 1 radical (unpaired) electrons. The van der Waals surface area contributed by atoms with Gasteiger partial charge in [-0.25, -0.2) is 0 Å². The van der Waals surface area contributed by atoms with Gasteiger partial charge in [0.2, 0.25) is 0 Å². The molecular formula is C28H47Si3. The second-order valence-electron chi connectivity index (χ2n) is 11.1. The zero-order valence-corrected chi connectivity index (χ0v) is 24.6. The summed E-state index contributed by atoms with van der Waals surface area (Å²) in [6.45, 7) is 20.7. The van der Waals surface area contributed by atoms with Gasteiger partial charge in [0.1, 0.15) is 8.07 Å². The minimum Gasteiger partial charge on any atom is -0.0709 e. The minimum atomic E-state index is -1.99. The van der Waals surface area contributed by atoms with Crippen molar-refractivity contribution in [3.63, 3.8) is 0 Å². The van der Waals surface area contributed by atoms with Crippen molar-refractivity contribution in [2.24, 2.45) is 0 Å². The maximum Gasteiger partial charge on any atom is 0.118 e. The molecule has 2 aromatic rings. The fourth-order valence-corrected chi connectivity index (χ4v) is 26.7. The van der Waals surface area contributed by atoms with Crippen LogP contribution in [-0.4, -0.2) is 24.9 Å². The highest BCUT2D eigenvalue weighted by atomic mass is 28.4. The Morgan fingerprint density at radius 1 is 0.742 bits per heavy atom. The van der Waals surface area contributed by atoms with Crippen LogP contribution in [0.3, 0.4) is 0 Å². The number of hydrogen-bond acceptors (Lipinski definition) is 0. The van der Waals surface area contributed by atoms with E-state index in [1.54, 1.807) is 10.4 Å². The van der Waals surface area contributed by atoms with E-state index in [2.05, 4.69) is 115 Å². The molecule has 0 aliphatic rings. The first-order valence-electron chi connectivity index (χ1n) is 12.6. The Morgan fingerprint density at radius 2 is 1.16 bits per heavy atom. The van der Waals surface area contributed by atoms with Gasteiger partial charge in [0, 0.05) is 16.9 Å². The lowest BCUT2D eigenvalue weighted by Gasteiger charge is -2.56. The summed E-state index contributed by atoms with van der Waals surface area (Å²) in [4.78, 5) is 0. The van der Waals surface area contributed by atoms with E-state index in [0.29, 0.717) is 5.04 Å². The smallest absolute Gasteiger partial charge is 0.0709 e. The maximum absolute atomic E-state index is 2.75. The molecule has 0 amide bonds. The predicted molar refractivity (Wildman–Crippen MR) is 150 cm³/mol. The van der Waals surface area contributed by atoms with E-state index in [9.17, 15) is 0 Å². The van der Waals surface area contributed by atoms with Gasteiger partial charge in [-0.15, -0.1) is 0 Å². The molecule has 0 heterocycles. The number of hydrogen-bond donors (Lipinski definition) is 0. The highest BCUT2D eigenvalue weighted by Gasteiger charge is 2.57. The largest absolute Gasteiger partial charge is 0.118 e. The van der Waals surface area contributed by atoms with Crippen molar-refractivity contribution in [3.05, 3.63) is 60.7 Å². The SMILES string of the molecule is CCCC[Si](C)(C)[C@@H](C(C)(C)[Si](C)C)[Si](CCCC)(c1ccccc1)c1ccccc1. The number of rotatable bonds is 12. The monoisotopic (exact) mass is 467 g/mol. The van der Waals surface area contributed by atoms with E-state index in [-0.39, 0.29) is 0 Å². The van der Waals surface area contributed by atoms with Crippen molar-refractivity contribution in [1.82, 2.24) is 0 Å². The Bertz CT molecular complexity index is 726. The third kappa shape index (κ3) is 5.72. The molecule has 0 N–H and O–H groups in total. The summed E-state index contributed by atoms with van der Waals surface area (Å²) < 4.78 is 0. The minimum absolute atomic E-state index is 0.416. The lowest BCUT2D eigenvalue weighted by molar-refractivity contribution is 0.664. The molecular weight excluding hydrogens is 421 g/mol. The summed E-state index contributed by atoms with van der Waals surface area (Å²) in [6.07, 6.45) is 5.34. The van der Waals surface area contributed by atoms with Crippen LogP contribution in [0.4, 0.5) is 0 Å². The van der Waals surface area contributed by atoms with E-state index in [4.69, 9.17) is 0 Å². The molecule has 2 rings (SSSR count). The predicted octanol–water partition coefficient (Wildman–Crippen LogP) is 8.00. The molecule has 0 saturated carbocycles. The van der Waals surface area contributed by atoms with E-state index >= 15 is 0 Å². The molecule has 0 nitrogen and oxygen atoms in total. The first-order valence-corrected chi connectivity index (χ1v) is 20.6. The second kappa shape index (κ2) is 11.3. The average molecular weight is 468 g/mol. The lowest BCUT2D eigenvalue weighted by atomic mass is 10.2. The van der Waals surface area contributed by atoms with Crippen molar-refractivity contribution in [3.8, 4) is 0 Å². The molecule has 2 aromatic carbocycles. The summed E-state index contributed by atoms with van der Waals surface area (Å²) in [6, 6.07) is 26.5. The highest BCUT2D eigenvalue weighted by molar-refractivity contribution is 7.12. The zero-order valence-electron chi connectivity index (χ0n) is 21.6. The molecule has 0 spiro atoms. The fraction of sp³-hybridized carbons (Fsp3) is 0.571. The van der Waals surface area contributed by atoms with Gasteiger partial charge in [-0.1, -0.05) is 157 Å². The highest BCUT2D eigenvalue weighted by Crippen LogP contribution is 2.55. The van der Waals surface area contributed by atoms with Gasteiger partial charge in [0.15, 0.2) is 0 Å². The van der Waals surface area contributed by atoms with Crippen LogP contribution in [0.15, 0.2) is 60.7 Å². The van der Waals surface area contributed by atoms with Crippen LogP contribution in [-0.2, 0) is 0 Å². The Labute approximate surface area is 197 Å². The molecule has 0 unspecified atom stereocenters. The Kier molecular flexibility index (Phi) is 9.59. The molecule has 0 bridgehead atoms. The maximum atomic E-state index is 2.75. The first-order chi connectivity index (χ1) is 14.6. The molecule has 0 aliphatic carbocycles. The molecule has 0 aliphatic heterocycles. The molecule has 0 fully saturated rings. The normalized spacial score (nSPS) is 14.1. The van der Waals surface area contributed by atoms with E-state index in [1.165, 1.54) is 37.8 Å². The summed E-state index contributed by atoms with van der Waals surface area (Å²) in [5, 5.41) is 4.64. The van der Waals surface area contributed by atoms with Crippen LogP contribution >= 0.6 is 0 Å². The summed E-state index contributed by atoms with van der Waals surface area (Å²) in [7, 11) is -3.98. The summed E-state index contributed by atoms with van der Waals surface area (Å²) >= 11 is 0. The summed E-state index contributed by atoms with van der Waals surface area (Å²) in [5.74, 6) is 0. The zero-order chi connectivity index (χ0) is 23.1. The standard InChI is InChI=1S/C28H47Si3/c1-9-11-23-30(7,8)27(28(3,4)29(5)6)31(24-12-10-2,25-19-15-13-16-20-25)26-21-17-14-18-22-26/h13-22,27H,9-12,23-24H2,1-8H3/t27-/m1/s1. The quantitative estimate of drug-likeness (QED) is 0.277. The Balaban J connectivity index is 2.92. The van der Waals surface area contributed by atoms with Crippen molar-refractivity contribution in [2.75, 3.05) is 0 Å². The van der Waals surface area contributed by atoms with Gasteiger partial charge < -0.3 is 0 Å². The number of unbranched alkanes of at least 4 members (excludes halogenated alkanes) is 2. The van der Waals surface area contributed by atoms with Crippen LogP contribution in [0.5, 0.6) is 0 Å². The van der Waals surface area contributed by atoms with Gasteiger partial charge in [-0.2, -0.15) is 0 Å². The van der Waals surface area contributed by atoms with Crippen LogP contribution in [0, 0.1) is 0 Å². The van der Waals surface area contributed by atoms with Gasteiger partial charge in [0.25, 0.3) is 0 Å². The molecule has 0 saturated heterocycles. The van der Waals surface area contributed by atoms with Crippen molar-refractivity contribution >= 4 is 35.3 Å². The van der Waals surface area contributed by atoms with Crippen molar-refractivity contribution < 1.29 is 0 Å². The molecule has 1 atom stereocenters. The number of benzene rings is 2. The van der Waals surface area contributed by atoms with E-state index in [0.717, 1.165) is 5.16 Å². The van der Waals surface area contributed by atoms with Crippen LogP contribution in [0.25, 0.3) is 0 Å². The van der Waals surface area contributed by atoms with Crippen LogP contribution < -0.4 is 10.4 Å². The molecule has 3 heteroatoms. The Hall–Kier alpha value is -0.909. The van der Waals surface area contributed by atoms with Crippen LogP contribution in [0.1, 0.15) is 53.4 Å². The van der Waals surface area contributed by atoms with Gasteiger partial charge in [-0.05, 0) is 16.2 Å². The van der Waals surface area contributed by atoms with Crippen molar-refractivity contribution in [1.29, 1.82) is 0 Å². The molecule has 171 valence electrons. The third-order valence-electron chi connectivity index (χ3n) is 7.96. The topological polar surface area (TPSA) is 0 Å². The van der Waals surface area contributed by atoms with Gasteiger partial charge >= 0.3 is 0 Å². The molecule has 0 aromatic heterocycles. The summed E-state index contributed by atoms with van der Waals surface area (Å²) in [5.41, 5.74) is 0. The van der Waals surface area contributed by atoms with E-state index in [1.807, 2.05) is 0 Å². The van der Waals surface area contributed by atoms with Crippen molar-refractivity contribution in [2.45, 2.75) is 102 Å². The Morgan fingerprint density at radius 3 is 1.55 bits per heavy atom. The van der Waals surface area contributed by atoms with Gasteiger partial charge in [0.05, 0.1) is 0 Å². The fourth-order valence-electron chi connectivity index (χ4n) is 6.19. The first kappa shape index (κ1) is 26.3.